The molecule has 4 aliphatic heterocycles. The molecular weight excluding hydrogens is 839 g/mol. The maximum absolute atomic E-state index is 12.8. The SMILES string of the molecule is CO[C@@]1(NC(=O)Cc2cccs2)C(=O)N2C(C(=O)O)=C(COC(N)=O)CS[C@@H]21.O=C(Cn1cnnn1)N[C@@H]1C(=O)N2C(C(=O)O)=C(CSc3nncs3)CS[C@H]12. The van der Waals surface area contributed by atoms with Crippen LogP contribution in [0.25, 0.3) is 0 Å². The number of fused-ring (bicyclic) bond motifs is 2. The molecule has 4 aliphatic rings. The maximum atomic E-state index is 12.8. The number of thioether (sulfide) groups is 3. The molecule has 0 spiro atoms. The van der Waals surface area contributed by atoms with Gasteiger partial charge in [-0.1, -0.05) is 29.2 Å². The third kappa shape index (κ3) is 8.36. The number of carbonyl (C=O) groups is 7. The number of thiophene rings is 1. The fourth-order valence-corrected chi connectivity index (χ4v) is 10.9. The van der Waals surface area contributed by atoms with Gasteiger partial charge in [-0.05, 0) is 27.4 Å². The molecule has 7 heterocycles. The van der Waals surface area contributed by atoms with E-state index in [1.807, 2.05) is 11.4 Å². The number of rotatable bonds is 14. The number of hydrogen-bond acceptors (Lipinski definition) is 19. The number of nitrogens with two attached hydrogens (primary N) is 1. The van der Waals surface area contributed by atoms with Crippen LogP contribution in [0.2, 0.25) is 0 Å². The smallest absolute Gasteiger partial charge is 0.404 e. The first-order chi connectivity index (χ1) is 26.8. The number of tetrazole rings is 1. The number of nitrogens with one attached hydrogen (secondary N) is 2. The highest BCUT2D eigenvalue weighted by molar-refractivity contribution is 8.02. The minimum absolute atomic E-state index is 0.0169. The lowest BCUT2D eigenvalue weighted by Gasteiger charge is -2.55. The van der Waals surface area contributed by atoms with Gasteiger partial charge in [-0.15, -0.1) is 50.2 Å². The lowest BCUT2D eigenvalue weighted by molar-refractivity contribution is -0.192. The van der Waals surface area contributed by atoms with Crippen LogP contribution >= 0.6 is 58.0 Å². The van der Waals surface area contributed by atoms with E-state index in [2.05, 4.69) is 41.1 Å². The molecule has 5 amide bonds. The van der Waals surface area contributed by atoms with Gasteiger partial charge in [0.05, 0.1) is 6.42 Å². The molecule has 0 saturated carbocycles. The number of primary amides is 1. The number of amides is 5. The van der Waals surface area contributed by atoms with Crippen molar-refractivity contribution in [3.63, 3.8) is 0 Å². The Morgan fingerprint density at radius 3 is 2.41 bits per heavy atom. The van der Waals surface area contributed by atoms with E-state index >= 15 is 0 Å². The molecule has 0 radical (unpaired) electrons. The zero-order valence-corrected chi connectivity index (χ0v) is 32.7. The van der Waals surface area contributed by atoms with Crippen molar-refractivity contribution in [3.05, 3.63) is 56.8 Å². The van der Waals surface area contributed by atoms with E-state index in [1.54, 1.807) is 11.6 Å². The predicted molar refractivity (Wildman–Crippen MR) is 197 cm³/mol. The van der Waals surface area contributed by atoms with Crippen LogP contribution in [0.4, 0.5) is 4.79 Å². The minimum atomic E-state index is -1.66. The molecule has 6 N–H and O–H groups in total. The maximum Gasteiger partial charge on any atom is 0.404 e. The molecule has 3 aromatic rings. The summed E-state index contributed by atoms with van der Waals surface area (Å²) in [5.41, 5.74) is 5.42. The Kier molecular flexibility index (Phi) is 12.6. The number of β-lactam (4-membered cyclic amide) rings is 2. The van der Waals surface area contributed by atoms with Crippen molar-refractivity contribution in [2.45, 2.75) is 39.8 Å². The molecular formula is C29H29N11O11S5. The summed E-state index contributed by atoms with van der Waals surface area (Å²) < 4.78 is 12.0. The summed E-state index contributed by atoms with van der Waals surface area (Å²) in [7, 11) is 1.27. The molecule has 3 aromatic heterocycles. The lowest BCUT2D eigenvalue weighted by atomic mass is 9.98. The van der Waals surface area contributed by atoms with Crippen LogP contribution in [-0.4, -0.2) is 146 Å². The Labute approximate surface area is 335 Å². The Morgan fingerprint density at radius 1 is 1.04 bits per heavy atom. The second-order valence-corrected chi connectivity index (χ2v) is 16.9. The molecule has 296 valence electrons. The van der Waals surface area contributed by atoms with E-state index in [0.717, 1.165) is 14.1 Å². The van der Waals surface area contributed by atoms with Gasteiger partial charge in [0, 0.05) is 34.8 Å². The zero-order valence-electron chi connectivity index (χ0n) is 28.6. The highest BCUT2D eigenvalue weighted by Crippen LogP contribution is 2.47. The Bertz CT molecular complexity index is 2080. The van der Waals surface area contributed by atoms with Gasteiger partial charge in [-0.25, -0.2) is 19.1 Å². The van der Waals surface area contributed by atoms with Gasteiger partial charge in [0.1, 0.15) is 53.2 Å². The summed E-state index contributed by atoms with van der Waals surface area (Å²) >= 11 is 6.76. The average molecular weight is 868 g/mol. The van der Waals surface area contributed by atoms with E-state index in [0.29, 0.717) is 17.1 Å². The monoisotopic (exact) mass is 867 g/mol. The number of methoxy groups -OCH3 is 1. The fraction of sp³-hybridized carbons (Fsp3) is 0.379. The quantitative estimate of drug-likeness (QED) is 0.0749. The number of aliphatic carboxylic acids is 2. The molecule has 7 rings (SSSR count). The topological polar surface area (TPSA) is 304 Å². The van der Waals surface area contributed by atoms with Crippen LogP contribution in [0.5, 0.6) is 0 Å². The van der Waals surface area contributed by atoms with Gasteiger partial charge in [-0.3, -0.25) is 29.0 Å². The van der Waals surface area contributed by atoms with Gasteiger partial charge in [-0.2, -0.15) is 0 Å². The van der Waals surface area contributed by atoms with Crippen molar-refractivity contribution in [2.24, 2.45) is 5.73 Å². The van der Waals surface area contributed by atoms with Gasteiger partial charge in [0.15, 0.2) is 4.34 Å². The first kappa shape index (κ1) is 40.6. The van der Waals surface area contributed by atoms with E-state index in [1.165, 1.54) is 81.0 Å². The largest absolute Gasteiger partial charge is 0.477 e. The van der Waals surface area contributed by atoms with Crippen LogP contribution in [0.15, 0.2) is 56.2 Å². The summed E-state index contributed by atoms with van der Waals surface area (Å²) in [4.78, 5) is 87.3. The molecule has 0 bridgehead atoms. The Morgan fingerprint density at radius 2 is 1.79 bits per heavy atom. The minimum Gasteiger partial charge on any atom is -0.477 e. The summed E-state index contributed by atoms with van der Waals surface area (Å²) in [5.74, 6) is -3.50. The first-order valence-corrected chi connectivity index (χ1v) is 20.7. The van der Waals surface area contributed by atoms with Crippen molar-refractivity contribution < 1.29 is 53.2 Å². The van der Waals surface area contributed by atoms with Crippen LogP contribution in [0.1, 0.15) is 4.88 Å². The summed E-state index contributed by atoms with van der Waals surface area (Å²) in [6.07, 6.45) is 0.315. The number of carboxylic acid groups (broad SMARTS) is 2. The van der Waals surface area contributed by atoms with Gasteiger partial charge in [0.25, 0.3) is 17.5 Å². The van der Waals surface area contributed by atoms with Crippen LogP contribution in [-0.2, 0) is 51.2 Å². The highest BCUT2D eigenvalue weighted by Gasteiger charge is 2.66. The lowest BCUT2D eigenvalue weighted by Crippen LogP contribution is -2.80. The van der Waals surface area contributed by atoms with Gasteiger partial charge in [0.2, 0.25) is 11.8 Å². The molecule has 0 aliphatic carbocycles. The normalized spacial score (nSPS) is 22.5. The molecule has 4 atom stereocenters. The average Bonchev–Trinajstić information content (AvgIpc) is 3.99. The number of aromatic nitrogens is 6. The molecule has 2 saturated heterocycles. The van der Waals surface area contributed by atoms with E-state index in [9.17, 15) is 43.8 Å². The highest BCUT2D eigenvalue weighted by atomic mass is 32.2. The second-order valence-electron chi connectivity index (χ2n) is 11.7. The third-order valence-corrected chi connectivity index (χ3v) is 13.8. The number of nitrogens with zero attached hydrogens (tertiary/aromatic N) is 8. The molecule has 22 nitrogen and oxygen atoms in total. The number of ether oxygens (including phenoxy) is 2. The van der Waals surface area contributed by atoms with Gasteiger partial charge >= 0.3 is 18.0 Å². The van der Waals surface area contributed by atoms with Crippen LogP contribution in [0.3, 0.4) is 0 Å². The standard InChI is InChI=1S/C16H17N3O7S2.C13H12N8O4S3/c1-25-16(18-10(20)5-9-3-2-4-27-9)13(23)19-11(12(21)22)8(6-26-15(17)24)7-28-14(16)19;22-7(1-20-4-14-18-19-20)16-8-10(23)21-9(12(24)25)6(2-26-11(8)21)3-27-13-17-15-5-28-13/h2-4,14H,5-7H2,1H3,(H2,17,24)(H,18,20)(H,21,22);4-5,8,11H,1-3H2,(H,16,22)(H,24,25)/t14-,16+;8-,11-/m11/s1. The van der Waals surface area contributed by atoms with Crippen LogP contribution < -0.4 is 16.4 Å². The molecule has 56 heavy (non-hydrogen) atoms. The number of carboxylic acids is 2. The van der Waals surface area contributed by atoms with Crippen molar-refractivity contribution >= 4 is 99.6 Å². The summed E-state index contributed by atoms with van der Waals surface area (Å²) in [6.45, 7) is -0.468. The molecule has 0 unspecified atom stereocenters. The van der Waals surface area contributed by atoms with E-state index in [-0.39, 0.29) is 42.3 Å². The van der Waals surface area contributed by atoms with Crippen molar-refractivity contribution in [1.29, 1.82) is 0 Å². The molecule has 2 fully saturated rings. The summed E-state index contributed by atoms with van der Waals surface area (Å²) in [5, 5.41) is 43.2. The summed E-state index contributed by atoms with van der Waals surface area (Å²) in [6, 6.07) is 2.83. The van der Waals surface area contributed by atoms with Crippen molar-refractivity contribution in [1.82, 2.24) is 50.8 Å². The number of hydrogen-bond donors (Lipinski definition) is 5. The van der Waals surface area contributed by atoms with E-state index < -0.39 is 64.2 Å². The third-order valence-electron chi connectivity index (χ3n) is 8.24. The second kappa shape index (κ2) is 17.4. The molecule has 27 heteroatoms. The van der Waals surface area contributed by atoms with E-state index in [4.69, 9.17) is 10.5 Å². The fourth-order valence-electron chi connectivity index (χ4n) is 5.82. The Hall–Kier alpha value is -5.09. The van der Waals surface area contributed by atoms with Crippen molar-refractivity contribution in [2.75, 3.05) is 31.0 Å². The molecule has 0 aromatic carbocycles. The predicted octanol–water partition coefficient (Wildman–Crippen LogP) is -0.846. The van der Waals surface area contributed by atoms with Crippen LogP contribution in [0, 0.1) is 0 Å². The number of carbonyl (C=O) groups excluding carboxylic acids is 5. The Balaban J connectivity index is 0.000000190. The zero-order chi connectivity index (χ0) is 40.1. The van der Waals surface area contributed by atoms with Gasteiger partial charge < -0.3 is 36.1 Å². The van der Waals surface area contributed by atoms with Crippen molar-refractivity contribution in [3.8, 4) is 0 Å². The first-order valence-electron chi connectivity index (χ1n) is 15.8.